The van der Waals surface area contributed by atoms with Crippen LogP contribution in [-0.2, 0) is 11.3 Å². The van der Waals surface area contributed by atoms with Gasteiger partial charge in [-0.2, -0.15) is 0 Å². The van der Waals surface area contributed by atoms with E-state index in [1.807, 2.05) is 6.20 Å². The van der Waals surface area contributed by atoms with E-state index in [9.17, 15) is 0 Å². The quantitative estimate of drug-likeness (QED) is 0.902. The van der Waals surface area contributed by atoms with Crippen LogP contribution in [0.2, 0.25) is 0 Å². The lowest BCUT2D eigenvalue weighted by Crippen LogP contribution is -2.52. The molecule has 3 rings (SSSR count). The van der Waals surface area contributed by atoms with Crippen molar-refractivity contribution in [3.05, 3.63) is 22.3 Å². The predicted octanol–water partition coefficient (Wildman–Crippen LogP) is 3.10. The zero-order valence-electron chi connectivity index (χ0n) is 13.0. The van der Waals surface area contributed by atoms with E-state index in [4.69, 9.17) is 4.74 Å². The molecular weight excluding hydrogens is 330 g/mol. The largest absolute Gasteiger partial charge is 0.369 e. The van der Waals surface area contributed by atoms with Crippen molar-refractivity contribution in [2.45, 2.75) is 57.9 Å². The number of hydrogen-bond acceptors (Lipinski definition) is 4. The SMILES string of the molecule is CC1CN(c2ncc(Br)cc2CNC2CC2)CC(C)(C)O1. The maximum atomic E-state index is 6.00. The van der Waals surface area contributed by atoms with Crippen molar-refractivity contribution < 1.29 is 4.74 Å². The van der Waals surface area contributed by atoms with E-state index in [0.717, 1.165) is 29.9 Å². The average molecular weight is 354 g/mol. The lowest BCUT2D eigenvalue weighted by molar-refractivity contribution is -0.0752. The van der Waals surface area contributed by atoms with Crippen molar-refractivity contribution in [3.63, 3.8) is 0 Å². The van der Waals surface area contributed by atoms with Crippen molar-refractivity contribution in [1.29, 1.82) is 0 Å². The molecule has 2 heterocycles. The van der Waals surface area contributed by atoms with Crippen molar-refractivity contribution >= 4 is 21.7 Å². The van der Waals surface area contributed by atoms with Crippen LogP contribution in [0, 0.1) is 0 Å². The number of pyridine rings is 1. The van der Waals surface area contributed by atoms with Crippen LogP contribution in [0.1, 0.15) is 39.2 Å². The molecule has 1 unspecified atom stereocenters. The predicted molar refractivity (Wildman–Crippen MR) is 88.6 cm³/mol. The number of hydrogen-bond donors (Lipinski definition) is 1. The van der Waals surface area contributed by atoms with Gasteiger partial charge < -0.3 is 15.0 Å². The van der Waals surface area contributed by atoms with E-state index in [1.54, 1.807) is 0 Å². The van der Waals surface area contributed by atoms with E-state index in [2.05, 4.69) is 58.0 Å². The van der Waals surface area contributed by atoms with E-state index < -0.39 is 0 Å². The molecule has 5 heteroatoms. The monoisotopic (exact) mass is 353 g/mol. The van der Waals surface area contributed by atoms with Crippen LogP contribution in [-0.4, -0.2) is 35.8 Å². The highest BCUT2D eigenvalue weighted by Crippen LogP contribution is 2.29. The molecular formula is C16H24BrN3O. The number of nitrogens with one attached hydrogen (secondary N) is 1. The third-order valence-corrected chi connectivity index (χ3v) is 4.37. The van der Waals surface area contributed by atoms with Crippen LogP contribution in [0.25, 0.3) is 0 Å². The van der Waals surface area contributed by atoms with Gasteiger partial charge in [0, 0.05) is 41.9 Å². The fourth-order valence-electron chi connectivity index (χ4n) is 3.05. The molecule has 0 radical (unpaired) electrons. The van der Waals surface area contributed by atoms with Crippen molar-refractivity contribution in [2.24, 2.45) is 0 Å². The van der Waals surface area contributed by atoms with Crippen LogP contribution in [0.3, 0.4) is 0 Å². The van der Waals surface area contributed by atoms with Gasteiger partial charge in [-0.1, -0.05) is 0 Å². The Morgan fingerprint density at radius 1 is 1.48 bits per heavy atom. The molecule has 116 valence electrons. The molecule has 21 heavy (non-hydrogen) atoms. The summed E-state index contributed by atoms with van der Waals surface area (Å²) >= 11 is 3.54. The molecule has 4 nitrogen and oxygen atoms in total. The fraction of sp³-hybridized carbons (Fsp3) is 0.688. The van der Waals surface area contributed by atoms with Gasteiger partial charge in [-0.05, 0) is 55.6 Å². The number of morpholine rings is 1. The third-order valence-electron chi connectivity index (χ3n) is 3.94. The molecule has 2 aliphatic rings. The lowest BCUT2D eigenvalue weighted by atomic mass is 10.0. The Hall–Kier alpha value is -0.650. The second kappa shape index (κ2) is 5.86. The third kappa shape index (κ3) is 3.96. The van der Waals surface area contributed by atoms with Crippen molar-refractivity contribution in [2.75, 3.05) is 18.0 Å². The summed E-state index contributed by atoms with van der Waals surface area (Å²) in [6.45, 7) is 9.09. The van der Waals surface area contributed by atoms with Gasteiger partial charge in [-0.25, -0.2) is 4.98 Å². The Kier molecular flexibility index (Phi) is 4.26. The molecule has 1 aliphatic carbocycles. The zero-order valence-corrected chi connectivity index (χ0v) is 14.6. The van der Waals surface area contributed by atoms with Gasteiger partial charge in [0.1, 0.15) is 5.82 Å². The highest BCUT2D eigenvalue weighted by Gasteiger charge is 2.33. The Labute approximate surface area is 135 Å². The van der Waals surface area contributed by atoms with E-state index in [1.165, 1.54) is 18.4 Å². The first-order valence-electron chi connectivity index (χ1n) is 7.73. The Morgan fingerprint density at radius 3 is 2.90 bits per heavy atom. The van der Waals surface area contributed by atoms with Crippen LogP contribution in [0.4, 0.5) is 5.82 Å². The highest BCUT2D eigenvalue weighted by atomic mass is 79.9. The molecule has 1 atom stereocenters. The average Bonchev–Trinajstić information content (AvgIpc) is 3.17. The number of nitrogens with zero attached hydrogens (tertiary/aromatic N) is 2. The maximum Gasteiger partial charge on any atom is 0.133 e. The minimum atomic E-state index is -0.131. The smallest absolute Gasteiger partial charge is 0.133 e. The number of rotatable bonds is 4. The molecule has 0 spiro atoms. The van der Waals surface area contributed by atoms with Crippen LogP contribution in [0.5, 0.6) is 0 Å². The van der Waals surface area contributed by atoms with Crippen LogP contribution < -0.4 is 10.2 Å². The second-order valence-corrected chi connectivity index (χ2v) is 7.78. The summed E-state index contributed by atoms with van der Waals surface area (Å²) in [5, 5.41) is 3.59. The standard InChI is InChI=1S/C16H24BrN3O/c1-11-9-20(10-16(2,3)21-11)15-12(6-13(17)8-19-15)7-18-14-4-5-14/h6,8,11,14,18H,4-5,7,9-10H2,1-3H3. The van der Waals surface area contributed by atoms with Gasteiger partial charge in [0.2, 0.25) is 0 Å². The van der Waals surface area contributed by atoms with Crippen LogP contribution in [0.15, 0.2) is 16.7 Å². The highest BCUT2D eigenvalue weighted by molar-refractivity contribution is 9.10. The minimum absolute atomic E-state index is 0.131. The molecule has 2 fully saturated rings. The molecule has 1 aliphatic heterocycles. The summed E-state index contributed by atoms with van der Waals surface area (Å²) in [4.78, 5) is 7.05. The number of anilines is 1. The summed E-state index contributed by atoms with van der Waals surface area (Å²) in [5.41, 5.74) is 1.13. The van der Waals surface area contributed by atoms with Gasteiger partial charge in [-0.15, -0.1) is 0 Å². The molecule has 1 N–H and O–H groups in total. The summed E-state index contributed by atoms with van der Waals surface area (Å²) in [5.74, 6) is 1.09. The Morgan fingerprint density at radius 2 is 2.24 bits per heavy atom. The summed E-state index contributed by atoms with van der Waals surface area (Å²) in [7, 11) is 0. The van der Waals surface area contributed by atoms with Gasteiger partial charge in [0.05, 0.1) is 11.7 Å². The molecule has 0 aromatic carbocycles. The normalized spacial score (nSPS) is 25.1. The first-order chi connectivity index (χ1) is 9.93. The minimum Gasteiger partial charge on any atom is -0.369 e. The van der Waals surface area contributed by atoms with Gasteiger partial charge in [0.25, 0.3) is 0 Å². The molecule has 1 saturated carbocycles. The number of ether oxygens (including phenoxy) is 1. The van der Waals surface area contributed by atoms with E-state index in [-0.39, 0.29) is 11.7 Å². The van der Waals surface area contributed by atoms with Crippen LogP contribution >= 0.6 is 15.9 Å². The molecule has 1 aromatic rings. The molecule has 1 aromatic heterocycles. The Balaban J connectivity index is 1.82. The summed E-state index contributed by atoms with van der Waals surface area (Å²) in [6, 6.07) is 2.89. The van der Waals surface area contributed by atoms with Crippen molar-refractivity contribution in [3.8, 4) is 0 Å². The number of halogens is 1. The topological polar surface area (TPSA) is 37.4 Å². The first-order valence-corrected chi connectivity index (χ1v) is 8.53. The van der Waals surface area contributed by atoms with Gasteiger partial charge in [0.15, 0.2) is 0 Å². The maximum absolute atomic E-state index is 6.00. The second-order valence-electron chi connectivity index (χ2n) is 6.86. The van der Waals surface area contributed by atoms with Gasteiger partial charge in [-0.3, -0.25) is 0 Å². The molecule has 1 saturated heterocycles. The molecule has 0 bridgehead atoms. The lowest BCUT2D eigenvalue weighted by Gasteiger charge is -2.42. The Bertz CT molecular complexity index is 516. The van der Waals surface area contributed by atoms with E-state index in [0.29, 0.717) is 6.04 Å². The number of aromatic nitrogens is 1. The zero-order chi connectivity index (χ0) is 15.0. The summed E-state index contributed by atoms with van der Waals surface area (Å²) in [6.07, 6.45) is 4.73. The summed E-state index contributed by atoms with van der Waals surface area (Å²) < 4.78 is 7.04. The molecule has 0 amide bonds. The first kappa shape index (κ1) is 15.3. The fourth-order valence-corrected chi connectivity index (χ4v) is 3.42. The van der Waals surface area contributed by atoms with E-state index >= 15 is 0 Å². The van der Waals surface area contributed by atoms with Gasteiger partial charge >= 0.3 is 0 Å². The van der Waals surface area contributed by atoms with Crippen molar-refractivity contribution in [1.82, 2.24) is 10.3 Å².